The molecular weight excluding hydrogens is 362 g/mol. The molecule has 1 aromatic carbocycles. The lowest BCUT2D eigenvalue weighted by Crippen LogP contribution is -2.46. The molecule has 0 aliphatic carbocycles. The summed E-state index contributed by atoms with van der Waals surface area (Å²) in [7, 11) is 0. The second-order valence-electron chi connectivity index (χ2n) is 4.20. The first kappa shape index (κ1) is 14.0. The molecule has 18 heavy (non-hydrogen) atoms. The third-order valence-electron chi connectivity index (χ3n) is 2.78. The number of hydrogen-bond donors (Lipinski definition) is 2. The predicted octanol–water partition coefficient (Wildman–Crippen LogP) is 2.06. The van der Waals surface area contributed by atoms with Gasteiger partial charge in [0.05, 0.1) is 12.2 Å². The number of halogens is 2. The Balaban J connectivity index is 1.92. The van der Waals surface area contributed by atoms with Crippen molar-refractivity contribution < 1.29 is 4.79 Å². The van der Waals surface area contributed by atoms with Gasteiger partial charge in [-0.1, -0.05) is 15.9 Å². The fourth-order valence-corrected chi connectivity index (χ4v) is 2.56. The SMILES string of the molecule is O=C(CN1CCNCC1)Nc1cc(Br)ccc1Br. The van der Waals surface area contributed by atoms with Crippen LogP contribution >= 0.6 is 31.9 Å². The third kappa shape index (κ3) is 4.05. The topological polar surface area (TPSA) is 44.4 Å². The Labute approximate surface area is 123 Å². The van der Waals surface area contributed by atoms with Crippen LogP contribution in [-0.2, 0) is 4.79 Å². The molecular formula is C12H15Br2N3O. The first-order valence-electron chi connectivity index (χ1n) is 5.83. The molecule has 2 N–H and O–H groups in total. The Morgan fingerprint density at radius 3 is 2.78 bits per heavy atom. The van der Waals surface area contributed by atoms with Crippen molar-refractivity contribution in [2.24, 2.45) is 0 Å². The fraction of sp³-hybridized carbons (Fsp3) is 0.417. The second-order valence-corrected chi connectivity index (χ2v) is 5.97. The second kappa shape index (κ2) is 6.65. The molecule has 1 aromatic rings. The van der Waals surface area contributed by atoms with E-state index >= 15 is 0 Å². The van der Waals surface area contributed by atoms with Gasteiger partial charge in [-0.05, 0) is 34.1 Å². The van der Waals surface area contributed by atoms with Gasteiger partial charge in [-0.2, -0.15) is 0 Å². The molecule has 1 aliphatic heterocycles. The molecule has 0 saturated carbocycles. The van der Waals surface area contributed by atoms with E-state index in [0.29, 0.717) is 6.54 Å². The van der Waals surface area contributed by atoms with Crippen LogP contribution < -0.4 is 10.6 Å². The minimum absolute atomic E-state index is 0.0238. The average molecular weight is 377 g/mol. The van der Waals surface area contributed by atoms with E-state index in [4.69, 9.17) is 0 Å². The fourth-order valence-electron chi connectivity index (χ4n) is 1.86. The molecule has 1 amide bonds. The Hall–Kier alpha value is -0.430. The van der Waals surface area contributed by atoms with Gasteiger partial charge in [0, 0.05) is 35.1 Å². The Morgan fingerprint density at radius 2 is 2.06 bits per heavy atom. The number of benzene rings is 1. The van der Waals surface area contributed by atoms with Gasteiger partial charge in [0.25, 0.3) is 0 Å². The molecule has 98 valence electrons. The summed E-state index contributed by atoms with van der Waals surface area (Å²) in [6, 6.07) is 5.72. The van der Waals surface area contributed by atoms with E-state index in [1.807, 2.05) is 18.2 Å². The Morgan fingerprint density at radius 1 is 1.33 bits per heavy atom. The van der Waals surface area contributed by atoms with Gasteiger partial charge in [-0.25, -0.2) is 0 Å². The van der Waals surface area contributed by atoms with E-state index < -0.39 is 0 Å². The zero-order valence-corrected chi connectivity index (χ0v) is 13.1. The zero-order chi connectivity index (χ0) is 13.0. The molecule has 1 aliphatic rings. The third-order valence-corrected chi connectivity index (χ3v) is 3.96. The van der Waals surface area contributed by atoms with Gasteiger partial charge < -0.3 is 10.6 Å². The molecule has 0 aromatic heterocycles. The number of anilines is 1. The van der Waals surface area contributed by atoms with Crippen LogP contribution in [0.15, 0.2) is 27.1 Å². The molecule has 4 nitrogen and oxygen atoms in total. The van der Waals surface area contributed by atoms with E-state index in [1.54, 1.807) is 0 Å². The highest BCUT2D eigenvalue weighted by molar-refractivity contribution is 9.11. The van der Waals surface area contributed by atoms with Gasteiger partial charge in [-0.3, -0.25) is 9.69 Å². The van der Waals surface area contributed by atoms with E-state index in [2.05, 4.69) is 47.4 Å². The minimum Gasteiger partial charge on any atom is -0.324 e. The molecule has 1 saturated heterocycles. The van der Waals surface area contributed by atoms with Gasteiger partial charge in [-0.15, -0.1) is 0 Å². The molecule has 1 heterocycles. The summed E-state index contributed by atoms with van der Waals surface area (Å²) in [5.74, 6) is 0.0238. The summed E-state index contributed by atoms with van der Waals surface area (Å²) in [6.45, 7) is 4.20. The van der Waals surface area contributed by atoms with Crippen LogP contribution in [0.4, 0.5) is 5.69 Å². The quantitative estimate of drug-likeness (QED) is 0.848. The largest absolute Gasteiger partial charge is 0.324 e. The lowest BCUT2D eigenvalue weighted by Gasteiger charge is -2.26. The molecule has 0 unspecified atom stereocenters. The molecule has 2 rings (SSSR count). The smallest absolute Gasteiger partial charge is 0.238 e. The predicted molar refractivity (Wildman–Crippen MR) is 79.8 cm³/mol. The molecule has 1 fully saturated rings. The number of amides is 1. The maximum absolute atomic E-state index is 11.9. The van der Waals surface area contributed by atoms with Crippen molar-refractivity contribution in [2.75, 3.05) is 38.0 Å². The van der Waals surface area contributed by atoms with Crippen LogP contribution in [-0.4, -0.2) is 43.5 Å². The number of hydrogen-bond acceptors (Lipinski definition) is 3. The zero-order valence-electron chi connectivity index (χ0n) is 9.88. The number of piperazine rings is 1. The van der Waals surface area contributed by atoms with Crippen molar-refractivity contribution in [3.8, 4) is 0 Å². The van der Waals surface area contributed by atoms with E-state index in [0.717, 1.165) is 40.8 Å². The Kier molecular flexibility index (Phi) is 5.17. The van der Waals surface area contributed by atoms with Crippen LogP contribution in [0.25, 0.3) is 0 Å². The number of carbonyl (C=O) groups is 1. The van der Waals surface area contributed by atoms with E-state index in [-0.39, 0.29) is 5.91 Å². The van der Waals surface area contributed by atoms with Crippen LogP contribution in [0.5, 0.6) is 0 Å². The highest BCUT2D eigenvalue weighted by Crippen LogP contribution is 2.26. The van der Waals surface area contributed by atoms with Crippen molar-refractivity contribution in [2.45, 2.75) is 0 Å². The number of rotatable bonds is 3. The summed E-state index contributed by atoms with van der Waals surface area (Å²) in [5.41, 5.74) is 0.796. The summed E-state index contributed by atoms with van der Waals surface area (Å²) in [5, 5.41) is 6.19. The summed E-state index contributed by atoms with van der Waals surface area (Å²) in [6.07, 6.45) is 0. The highest BCUT2D eigenvalue weighted by Gasteiger charge is 2.14. The normalized spacial score (nSPS) is 16.6. The van der Waals surface area contributed by atoms with Crippen molar-refractivity contribution in [1.82, 2.24) is 10.2 Å². The van der Waals surface area contributed by atoms with Crippen molar-refractivity contribution in [3.63, 3.8) is 0 Å². The minimum atomic E-state index is 0.0238. The van der Waals surface area contributed by atoms with Crippen LogP contribution in [0, 0.1) is 0 Å². The number of nitrogens with one attached hydrogen (secondary N) is 2. The monoisotopic (exact) mass is 375 g/mol. The van der Waals surface area contributed by atoms with Gasteiger partial charge in [0.2, 0.25) is 5.91 Å². The Bertz CT molecular complexity index is 433. The number of carbonyl (C=O) groups excluding carboxylic acids is 1. The maximum atomic E-state index is 11.9. The lowest BCUT2D eigenvalue weighted by atomic mass is 10.3. The number of nitrogens with zero attached hydrogens (tertiary/aromatic N) is 1. The summed E-state index contributed by atoms with van der Waals surface area (Å²) >= 11 is 6.82. The standard InChI is InChI=1S/C12H15Br2N3O/c13-9-1-2-10(14)11(7-9)16-12(18)8-17-5-3-15-4-6-17/h1-2,7,15H,3-6,8H2,(H,16,18). The molecule has 0 radical (unpaired) electrons. The molecule has 6 heteroatoms. The van der Waals surface area contributed by atoms with Gasteiger partial charge in [0.15, 0.2) is 0 Å². The molecule has 0 spiro atoms. The molecule has 0 atom stereocenters. The van der Waals surface area contributed by atoms with Crippen molar-refractivity contribution in [3.05, 3.63) is 27.1 Å². The van der Waals surface area contributed by atoms with Gasteiger partial charge in [0.1, 0.15) is 0 Å². The van der Waals surface area contributed by atoms with Crippen molar-refractivity contribution >= 4 is 43.5 Å². The van der Waals surface area contributed by atoms with E-state index in [1.165, 1.54) is 0 Å². The summed E-state index contributed by atoms with van der Waals surface area (Å²) < 4.78 is 1.84. The van der Waals surface area contributed by atoms with Crippen LogP contribution in [0.1, 0.15) is 0 Å². The highest BCUT2D eigenvalue weighted by atomic mass is 79.9. The first-order valence-corrected chi connectivity index (χ1v) is 7.42. The van der Waals surface area contributed by atoms with Gasteiger partial charge >= 0.3 is 0 Å². The first-order chi connectivity index (χ1) is 8.65. The lowest BCUT2D eigenvalue weighted by molar-refractivity contribution is -0.117. The van der Waals surface area contributed by atoms with Crippen LogP contribution in [0.3, 0.4) is 0 Å². The van der Waals surface area contributed by atoms with E-state index in [9.17, 15) is 4.79 Å². The maximum Gasteiger partial charge on any atom is 0.238 e. The van der Waals surface area contributed by atoms with Crippen LogP contribution in [0.2, 0.25) is 0 Å². The molecule has 0 bridgehead atoms. The average Bonchev–Trinajstić information content (AvgIpc) is 2.35. The summed E-state index contributed by atoms with van der Waals surface area (Å²) in [4.78, 5) is 14.1. The van der Waals surface area contributed by atoms with Crippen molar-refractivity contribution in [1.29, 1.82) is 0 Å².